The van der Waals surface area contributed by atoms with E-state index in [-0.39, 0.29) is 25.6 Å². The molecule has 0 heterocycles. The first kappa shape index (κ1) is 13.4. The van der Waals surface area contributed by atoms with Crippen LogP contribution in [0.2, 0.25) is 0 Å². The maximum Gasteiger partial charge on any atom is 0.234 e. The lowest BCUT2D eigenvalue weighted by atomic mass is 10.1. The van der Waals surface area contributed by atoms with Gasteiger partial charge in [-0.15, -0.1) is 0 Å². The van der Waals surface area contributed by atoms with Crippen molar-refractivity contribution < 1.29 is 15.0 Å². The third-order valence-electron chi connectivity index (χ3n) is 1.50. The fraction of sp³-hybridized carbons (Fsp3) is 0.889. The van der Waals surface area contributed by atoms with Gasteiger partial charge in [-0.3, -0.25) is 9.69 Å². The molecule has 0 spiro atoms. The Morgan fingerprint density at radius 2 is 2.07 bits per heavy atom. The van der Waals surface area contributed by atoms with Gasteiger partial charge in [0, 0.05) is 13.1 Å². The molecule has 0 aromatic carbocycles. The molecule has 0 aromatic heterocycles. The Hall–Kier alpha value is -0.650. The Morgan fingerprint density at radius 3 is 2.50 bits per heavy atom. The number of carbonyl (C=O) groups is 1. The predicted octanol–water partition coefficient (Wildman–Crippen LogP) is -1.20. The van der Waals surface area contributed by atoms with Gasteiger partial charge < -0.3 is 15.5 Å². The summed E-state index contributed by atoms with van der Waals surface area (Å²) in [5, 5.41) is 20.5. The van der Waals surface area contributed by atoms with Gasteiger partial charge >= 0.3 is 0 Å². The van der Waals surface area contributed by atoms with Crippen molar-refractivity contribution in [2.45, 2.75) is 19.4 Å². The van der Waals surface area contributed by atoms with Crippen molar-refractivity contribution >= 4 is 5.91 Å². The zero-order chi connectivity index (χ0) is 11.2. The van der Waals surface area contributed by atoms with E-state index in [1.165, 1.54) is 0 Å². The average Bonchev–Trinajstić information content (AvgIpc) is 1.96. The summed E-state index contributed by atoms with van der Waals surface area (Å²) in [6, 6.07) is 0. The van der Waals surface area contributed by atoms with E-state index in [2.05, 4.69) is 5.32 Å². The standard InChI is InChI=1S/C9H20N2O3/c1-9(2,14)7-11(3)6-8(13)10-4-5-12/h12,14H,4-7H2,1-3H3,(H,10,13). The molecule has 0 unspecified atom stereocenters. The van der Waals surface area contributed by atoms with Gasteiger partial charge in [0.2, 0.25) is 5.91 Å². The molecule has 0 aliphatic rings. The first-order valence-electron chi connectivity index (χ1n) is 4.63. The molecule has 0 bridgehead atoms. The number of likely N-dealkylation sites (N-methyl/N-ethyl adjacent to an activating group) is 1. The van der Waals surface area contributed by atoms with Crippen LogP contribution in [-0.4, -0.2) is 59.9 Å². The molecule has 84 valence electrons. The highest BCUT2D eigenvalue weighted by Gasteiger charge is 2.16. The number of nitrogens with one attached hydrogen (secondary N) is 1. The minimum absolute atomic E-state index is 0.0546. The summed E-state index contributed by atoms with van der Waals surface area (Å²) in [4.78, 5) is 12.9. The molecular formula is C9H20N2O3. The molecule has 0 aliphatic carbocycles. The topological polar surface area (TPSA) is 72.8 Å². The third-order valence-corrected chi connectivity index (χ3v) is 1.50. The van der Waals surface area contributed by atoms with Crippen LogP contribution < -0.4 is 5.32 Å². The van der Waals surface area contributed by atoms with E-state index < -0.39 is 5.60 Å². The number of amides is 1. The molecular weight excluding hydrogens is 184 g/mol. The van der Waals surface area contributed by atoms with Gasteiger partial charge in [0.1, 0.15) is 0 Å². The maximum atomic E-state index is 11.2. The summed E-state index contributed by atoms with van der Waals surface area (Å²) < 4.78 is 0. The van der Waals surface area contributed by atoms with E-state index >= 15 is 0 Å². The summed E-state index contributed by atoms with van der Waals surface area (Å²) >= 11 is 0. The van der Waals surface area contributed by atoms with Crippen molar-refractivity contribution in [3.05, 3.63) is 0 Å². The Balaban J connectivity index is 3.71. The van der Waals surface area contributed by atoms with Crippen LogP contribution in [0.4, 0.5) is 0 Å². The zero-order valence-corrected chi connectivity index (χ0v) is 9.08. The van der Waals surface area contributed by atoms with Crippen LogP contribution in [0, 0.1) is 0 Å². The van der Waals surface area contributed by atoms with Crippen LogP contribution in [0.3, 0.4) is 0 Å². The maximum absolute atomic E-state index is 11.2. The molecule has 0 saturated heterocycles. The summed E-state index contributed by atoms with van der Waals surface area (Å²) in [6.07, 6.45) is 0. The molecule has 0 aromatic rings. The molecule has 1 amide bonds. The highest BCUT2D eigenvalue weighted by atomic mass is 16.3. The van der Waals surface area contributed by atoms with Crippen LogP contribution in [-0.2, 0) is 4.79 Å². The summed E-state index contributed by atoms with van der Waals surface area (Å²) in [7, 11) is 1.76. The van der Waals surface area contributed by atoms with E-state index in [0.29, 0.717) is 6.54 Å². The molecule has 5 heteroatoms. The highest BCUT2D eigenvalue weighted by molar-refractivity contribution is 5.77. The monoisotopic (exact) mass is 204 g/mol. The lowest BCUT2D eigenvalue weighted by Gasteiger charge is -2.24. The minimum atomic E-state index is -0.800. The van der Waals surface area contributed by atoms with Crippen molar-refractivity contribution in [3.63, 3.8) is 0 Å². The van der Waals surface area contributed by atoms with E-state index in [0.717, 1.165) is 0 Å². The SMILES string of the molecule is CN(CC(=O)NCCO)CC(C)(C)O. The van der Waals surface area contributed by atoms with Crippen LogP contribution in [0.25, 0.3) is 0 Å². The molecule has 0 rings (SSSR count). The van der Waals surface area contributed by atoms with E-state index in [4.69, 9.17) is 5.11 Å². The van der Waals surface area contributed by atoms with Gasteiger partial charge in [0.25, 0.3) is 0 Å². The molecule has 0 atom stereocenters. The number of nitrogens with zero attached hydrogens (tertiary/aromatic N) is 1. The molecule has 14 heavy (non-hydrogen) atoms. The van der Waals surface area contributed by atoms with E-state index in [1.807, 2.05) is 0 Å². The largest absolute Gasteiger partial charge is 0.395 e. The lowest BCUT2D eigenvalue weighted by molar-refractivity contribution is -0.122. The second-order valence-electron chi connectivity index (χ2n) is 4.06. The quantitative estimate of drug-likeness (QED) is 0.508. The van der Waals surface area contributed by atoms with Gasteiger partial charge in [-0.25, -0.2) is 0 Å². The van der Waals surface area contributed by atoms with Crippen molar-refractivity contribution in [2.24, 2.45) is 0 Å². The minimum Gasteiger partial charge on any atom is -0.395 e. The summed E-state index contributed by atoms with van der Waals surface area (Å²) in [5.41, 5.74) is -0.800. The van der Waals surface area contributed by atoms with Gasteiger partial charge in [-0.2, -0.15) is 0 Å². The summed E-state index contributed by atoms with van der Waals surface area (Å²) in [5.74, 6) is -0.147. The first-order chi connectivity index (χ1) is 6.35. The van der Waals surface area contributed by atoms with Crippen molar-refractivity contribution in [2.75, 3.05) is 33.3 Å². The fourth-order valence-electron chi connectivity index (χ4n) is 1.21. The van der Waals surface area contributed by atoms with E-state index in [1.54, 1.807) is 25.8 Å². The van der Waals surface area contributed by atoms with Crippen molar-refractivity contribution in [3.8, 4) is 0 Å². The molecule has 0 aliphatic heterocycles. The van der Waals surface area contributed by atoms with Gasteiger partial charge in [0.15, 0.2) is 0 Å². The number of rotatable bonds is 6. The fourth-order valence-corrected chi connectivity index (χ4v) is 1.21. The van der Waals surface area contributed by atoms with Crippen LogP contribution in [0.15, 0.2) is 0 Å². The predicted molar refractivity (Wildman–Crippen MR) is 53.9 cm³/mol. The zero-order valence-electron chi connectivity index (χ0n) is 9.08. The van der Waals surface area contributed by atoms with Crippen molar-refractivity contribution in [1.29, 1.82) is 0 Å². The van der Waals surface area contributed by atoms with Gasteiger partial charge in [-0.1, -0.05) is 0 Å². The van der Waals surface area contributed by atoms with Gasteiger partial charge in [-0.05, 0) is 20.9 Å². The number of hydrogen-bond donors (Lipinski definition) is 3. The molecule has 0 radical (unpaired) electrons. The third kappa shape index (κ3) is 7.97. The molecule has 0 fully saturated rings. The number of hydrogen-bond acceptors (Lipinski definition) is 4. The second-order valence-corrected chi connectivity index (χ2v) is 4.06. The number of carbonyl (C=O) groups excluding carboxylic acids is 1. The first-order valence-corrected chi connectivity index (χ1v) is 4.63. The Kier molecular flexibility index (Phi) is 5.68. The molecule has 5 nitrogen and oxygen atoms in total. The van der Waals surface area contributed by atoms with Crippen LogP contribution >= 0.6 is 0 Å². The number of aliphatic hydroxyl groups is 2. The average molecular weight is 204 g/mol. The van der Waals surface area contributed by atoms with Crippen molar-refractivity contribution in [1.82, 2.24) is 10.2 Å². The molecule has 0 saturated carbocycles. The second kappa shape index (κ2) is 5.95. The van der Waals surface area contributed by atoms with E-state index in [9.17, 15) is 9.90 Å². The lowest BCUT2D eigenvalue weighted by Crippen LogP contribution is -2.42. The molecule has 3 N–H and O–H groups in total. The Labute approximate surface area is 84.7 Å². The number of aliphatic hydroxyl groups excluding tert-OH is 1. The highest BCUT2D eigenvalue weighted by Crippen LogP contribution is 2.02. The van der Waals surface area contributed by atoms with Gasteiger partial charge in [0.05, 0.1) is 18.8 Å². The van der Waals surface area contributed by atoms with Crippen LogP contribution in [0.5, 0.6) is 0 Å². The Morgan fingerprint density at radius 1 is 1.50 bits per heavy atom. The Bertz CT molecular complexity index is 177. The smallest absolute Gasteiger partial charge is 0.234 e. The normalized spacial score (nSPS) is 11.9. The summed E-state index contributed by atoms with van der Waals surface area (Å²) in [6.45, 7) is 4.25. The van der Waals surface area contributed by atoms with Crippen LogP contribution in [0.1, 0.15) is 13.8 Å².